The number of carbonyl (C=O) groups excluding carboxylic acids is 1. The topological polar surface area (TPSA) is 46.5 Å². The van der Waals surface area contributed by atoms with Gasteiger partial charge in [-0.1, -0.05) is 13.5 Å². The molecule has 0 spiro atoms. The third-order valence-corrected chi connectivity index (χ3v) is 2.54. The zero-order valence-corrected chi connectivity index (χ0v) is 9.51. The van der Waals surface area contributed by atoms with Crippen LogP contribution < -0.4 is 0 Å². The van der Waals surface area contributed by atoms with E-state index in [9.17, 15) is 4.79 Å². The average molecular weight is 241 g/mol. The first-order chi connectivity index (χ1) is 6.52. The van der Waals surface area contributed by atoms with Crippen molar-refractivity contribution in [3.63, 3.8) is 0 Å². The van der Waals surface area contributed by atoms with E-state index in [-0.39, 0.29) is 18.1 Å². The standard InChI is InChI=1S/C9H14Cl2O3/c1-3-7(12)5-14-9(13)6(2)8(11)4-10/h7-8,12H,2-5H2,1H3. The summed E-state index contributed by atoms with van der Waals surface area (Å²) < 4.78 is 4.75. The highest BCUT2D eigenvalue weighted by molar-refractivity contribution is 6.31. The molecule has 5 heteroatoms. The Morgan fingerprint density at radius 1 is 1.64 bits per heavy atom. The molecule has 2 atom stereocenters. The summed E-state index contributed by atoms with van der Waals surface area (Å²) in [5.41, 5.74) is 0.116. The predicted molar refractivity (Wildman–Crippen MR) is 56.8 cm³/mol. The summed E-state index contributed by atoms with van der Waals surface area (Å²) in [6.45, 7) is 5.20. The Labute approximate surface area is 93.6 Å². The second kappa shape index (κ2) is 7.10. The smallest absolute Gasteiger partial charge is 0.335 e. The van der Waals surface area contributed by atoms with Gasteiger partial charge in [0.05, 0.1) is 11.5 Å². The van der Waals surface area contributed by atoms with Crippen molar-refractivity contribution in [1.29, 1.82) is 0 Å². The van der Waals surface area contributed by atoms with Gasteiger partial charge in [0, 0.05) is 11.5 Å². The molecule has 1 N–H and O–H groups in total. The summed E-state index contributed by atoms with van der Waals surface area (Å²) in [5.74, 6) is -0.510. The van der Waals surface area contributed by atoms with E-state index in [1.807, 2.05) is 0 Å². The fourth-order valence-electron chi connectivity index (χ4n) is 0.603. The van der Waals surface area contributed by atoms with Crippen LogP contribution in [-0.4, -0.2) is 35.0 Å². The summed E-state index contributed by atoms with van der Waals surface area (Å²) in [4.78, 5) is 11.2. The Kier molecular flexibility index (Phi) is 6.97. The summed E-state index contributed by atoms with van der Waals surface area (Å²) in [6, 6.07) is 0. The zero-order chi connectivity index (χ0) is 11.1. The normalized spacial score (nSPS) is 14.6. The zero-order valence-electron chi connectivity index (χ0n) is 8.00. The van der Waals surface area contributed by atoms with Crippen LogP contribution in [0.5, 0.6) is 0 Å². The maximum atomic E-state index is 11.2. The molecule has 0 aliphatic heterocycles. The van der Waals surface area contributed by atoms with E-state index in [1.165, 1.54) is 0 Å². The molecule has 2 unspecified atom stereocenters. The Morgan fingerprint density at radius 3 is 2.64 bits per heavy atom. The van der Waals surface area contributed by atoms with Crippen LogP contribution in [0, 0.1) is 0 Å². The Hall–Kier alpha value is -0.250. The van der Waals surface area contributed by atoms with Crippen LogP contribution in [0.25, 0.3) is 0 Å². The van der Waals surface area contributed by atoms with Crippen LogP contribution in [0.1, 0.15) is 13.3 Å². The van der Waals surface area contributed by atoms with Crippen molar-refractivity contribution in [2.24, 2.45) is 0 Å². The van der Waals surface area contributed by atoms with E-state index in [2.05, 4.69) is 6.58 Å². The number of halogens is 2. The Morgan fingerprint density at radius 2 is 2.21 bits per heavy atom. The molecule has 0 aliphatic rings. The third kappa shape index (κ3) is 4.84. The fourth-order valence-corrected chi connectivity index (χ4v) is 0.879. The number of esters is 1. The number of alkyl halides is 2. The van der Waals surface area contributed by atoms with Crippen molar-refractivity contribution < 1.29 is 14.6 Å². The second-order valence-electron chi connectivity index (χ2n) is 2.81. The minimum Gasteiger partial charge on any atom is -0.460 e. The van der Waals surface area contributed by atoms with Gasteiger partial charge in [-0.15, -0.1) is 23.2 Å². The van der Waals surface area contributed by atoms with Crippen molar-refractivity contribution in [3.8, 4) is 0 Å². The van der Waals surface area contributed by atoms with Gasteiger partial charge >= 0.3 is 5.97 Å². The van der Waals surface area contributed by atoms with Crippen molar-refractivity contribution in [3.05, 3.63) is 12.2 Å². The SMILES string of the molecule is C=C(C(=O)OCC(O)CC)C(Cl)CCl. The van der Waals surface area contributed by atoms with Crippen molar-refractivity contribution in [1.82, 2.24) is 0 Å². The molecule has 3 nitrogen and oxygen atoms in total. The van der Waals surface area contributed by atoms with E-state index in [0.717, 1.165) is 0 Å². The Bertz CT molecular complexity index is 206. The van der Waals surface area contributed by atoms with Crippen LogP contribution in [-0.2, 0) is 9.53 Å². The van der Waals surface area contributed by atoms with E-state index < -0.39 is 17.5 Å². The highest BCUT2D eigenvalue weighted by Gasteiger charge is 2.17. The lowest BCUT2D eigenvalue weighted by Gasteiger charge is -2.11. The van der Waals surface area contributed by atoms with Crippen molar-refractivity contribution in [2.75, 3.05) is 12.5 Å². The summed E-state index contributed by atoms with van der Waals surface area (Å²) in [5, 5.41) is 8.50. The van der Waals surface area contributed by atoms with Crippen LogP contribution in [0.15, 0.2) is 12.2 Å². The molecule has 82 valence electrons. The number of hydrogen-bond donors (Lipinski definition) is 1. The minimum atomic E-state index is -0.642. The molecule has 0 rings (SSSR count). The molecule has 14 heavy (non-hydrogen) atoms. The highest BCUT2D eigenvalue weighted by atomic mass is 35.5. The number of rotatable bonds is 6. The molecule has 0 amide bonds. The minimum absolute atomic E-state index is 0.0414. The van der Waals surface area contributed by atoms with Gasteiger partial charge in [0.15, 0.2) is 0 Å². The molecule has 0 radical (unpaired) electrons. The molecular formula is C9H14Cl2O3. The van der Waals surface area contributed by atoms with Gasteiger partial charge in [-0.25, -0.2) is 4.79 Å². The van der Waals surface area contributed by atoms with Gasteiger partial charge in [-0.05, 0) is 6.42 Å². The quantitative estimate of drug-likeness (QED) is 0.437. The van der Waals surface area contributed by atoms with Crippen LogP contribution in [0.4, 0.5) is 0 Å². The first kappa shape index (κ1) is 13.8. The molecular weight excluding hydrogens is 227 g/mol. The third-order valence-electron chi connectivity index (χ3n) is 1.65. The van der Waals surface area contributed by atoms with E-state index >= 15 is 0 Å². The largest absolute Gasteiger partial charge is 0.460 e. The first-order valence-electron chi connectivity index (χ1n) is 4.26. The summed E-state index contributed by atoms with van der Waals surface area (Å²) in [7, 11) is 0. The highest BCUT2D eigenvalue weighted by Crippen LogP contribution is 2.11. The molecule has 0 bridgehead atoms. The molecule has 0 saturated carbocycles. The van der Waals surface area contributed by atoms with Gasteiger partial charge in [-0.2, -0.15) is 0 Å². The molecule has 0 saturated heterocycles. The summed E-state index contributed by atoms with van der Waals surface area (Å²) >= 11 is 11.1. The van der Waals surface area contributed by atoms with Gasteiger partial charge in [0.2, 0.25) is 0 Å². The van der Waals surface area contributed by atoms with Crippen LogP contribution in [0.3, 0.4) is 0 Å². The second-order valence-corrected chi connectivity index (χ2v) is 3.64. The lowest BCUT2D eigenvalue weighted by Crippen LogP contribution is -2.22. The molecule has 0 aromatic rings. The number of aliphatic hydroxyl groups excluding tert-OH is 1. The Balaban J connectivity index is 3.90. The molecule has 0 aromatic carbocycles. The molecule has 0 fully saturated rings. The van der Waals surface area contributed by atoms with Crippen LogP contribution in [0.2, 0.25) is 0 Å². The van der Waals surface area contributed by atoms with E-state index in [1.54, 1.807) is 6.92 Å². The first-order valence-corrected chi connectivity index (χ1v) is 5.24. The fraction of sp³-hybridized carbons (Fsp3) is 0.667. The number of ether oxygens (including phenoxy) is 1. The lowest BCUT2D eigenvalue weighted by atomic mass is 10.2. The van der Waals surface area contributed by atoms with Gasteiger partial charge in [-0.3, -0.25) is 0 Å². The monoisotopic (exact) mass is 240 g/mol. The number of aliphatic hydroxyl groups is 1. The van der Waals surface area contributed by atoms with Crippen LogP contribution >= 0.6 is 23.2 Å². The van der Waals surface area contributed by atoms with E-state index in [4.69, 9.17) is 33.0 Å². The van der Waals surface area contributed by atoms with Crippen molar-refractivity contribution in [2.45, 2.75) is 24.8 Å². The van der Waals surface area contributed by atoms with Gasteiger partial charge in [0.25, 0.3) is 0 Å². The van der Waals surface area contributed by atoms with Gasteiger partial charge < -0.3 is 9.84 Å². The predicted octanol–water partition coefficient (Wildman–Crippen LogP) is 1.70. The van der Waals surface area contributed by atoms with E-state index in [0.29, 0.717) is 6.42 Å². The van der Waals surface area contributed by atoms with Gasteiger partial charge in [0.1, 0.15) is 6.61 Å². The molecule has 0 heterocycles. The lowest BCUT2D eigenvalue weighted by molar-refractivity contribution is -0.142. The average Bonchev–Trinajstić information content (AvgIpc) is 2.22. The molecule has 0 aliphatic carbocycles. The maximum Gasteiger partial charge on any atom is 0.335 e. The van der Waals surface area contributed by atoms with Crippen molar-refractivity contribution >= 4 is 29.2 Å². The number of hydrogen-bond acceptors (Lipinski definition) is 3. The molecule has 0 aromatic heterocycles. The summed E-state index contributed by atoms with van der Waals surface area (Å²) in [6.07, 6.45) is -0.115. The maximum absolute atomic E-state index is 11.2. The number of carbonyl (C=O) groups is 1.